The van der Waals surface area contributed by atoms with E-state index in [1.807, 2.05) is 18.4 Å². The average molecular weight is 359 g/mol. The second kappa shape index (κ2) is 6.91. The molecule has 0 aliphatic carbocycles. The van der Waals surface area contributed by atoms with Gasteiger partial charge >= 0.3 is 0 Å². The monoisotopic (exact) mass is 358 g/mol. The zero-order valence-corrected chi connectivity index (χ0v) is 15.0. The molecule has 0 spiro atoms. The Labute approximate surface area is 138 Å². The molecule has 0 unspecified atom stereocenters. The number of hydrogen-bond acceptors (Lipinski definition) is 5. The summed E-state index contributed by atoms with van der Waals surface area (Å²) >= 11 is 2.71. The zero-order chi connectivity index (χ0) is 16.3. The van der Waals surface area contributed by atoms with E-state index in [2.05, 4.69) is 4.72 Å². The maximum atomic E-state index is 12.3. The van der Waals surface area contributed by atoms with Gasteiger partial charge in [0.1, 0.15) is 4.21 Å². The first-order chi connectivity index (χ1) is 10.3. The molecular formula is C14H18N2O3S3. The van der Waals surface area contributed by atoms with Gasteiger partial charge in [-0.3, -0.25) is 4.79 Å². The maximum absolute atomic E-state index is 12.3. The molecule has 2 rings (SSSR count). The van der Waals surface area contributed by atoms with Crippen molar-refractivity contribution in [1.82, 2.24) is 9.62 Å². The Hall–Kier alpha value is -1.22. The molecule has 5 nitrogen and oxygen atoms in total. The number of amides is 1. The highest BCUT2D eigenvalue weighted by molar-refractivity contribution is 7.91. The number of thiophene rings is 2. The Kier molecular flexibility index (Phi) is 5.38. The second-order valence-corrected chi connectivity index (χ2v) is 8.89. The lowest BCUT2D eigenvalue weighted by atomic mass is 10.2. The number of likely N-dealkylation sites (N-methyl/N-ethyl adjacent to an activating group) is 1. The summed E-state index contributed by atoms with van der Waals surface area (Å²) in [5.41, 5.74) is 1.14. The number of nitrogens with one attached hydrogen (secondary N) is 1. The molecule has 1 amide bonds. The molecule has 0 bridgehead atoms. The number of carbonyl (C=O) groups excluding carboxylic acids is 1. The highest BCUT2D eigenvalue weighted by atomic mass is 32.2. The van der Waals surface area contributed by atoms with E-state index in [-0.39, 0.29) is 10.1 Å². The van der Waals surface area contributed by atoms with Gasteiger partial charge in [-0.25, -0.2) is 8.42 Å². The van der Waals surface area contributed by atoms with Gasteiger partial charge in [0.15, 0.2) is 0 Å². The summed E-state index contributed by atoms with van der Waals surface area (Å²) in [6.07, 6.45) is 0. The van der Waals surface area contributed by atoms with Crippen LogP contribution in [0.4, 0.5) is 0 Å². The van der Waals surface area contributed by atoms with Crippen molar-refractivity contribution in [1.29, 1.82) is 0 Å². The van der Waals surface area contributed by atoms with Crippen molar-refractivity contribution < 1.29 is 13.2 Å². The predicted octanol–water partition coefficient (Wildman–Crippen LogP) is 2.44. The van der Waals surface area contributed by atoms with Crippen LogP contribution in [0, 0.1) is 6.92 Å². The summed E-state index contributed by atoms with van der Waals surface area (Å²) in [4.78, 5) is 15.0. The van der Waals surface area contributed by atoms with E-state index in [0.717, 1.165) is 21.8 Å². The van der Waals surface area contributed by atoms with Crippen molar-refractivity contribution in [3.8, 4) is 0 Å². The van der Waals surface area contributed by atoms with Gasteiger partial charge in [0.05, 0.1) is 12.6 Å². The smallest absolute Gasteiger partial charge is 0.250 e. The molecule has 0 fully saturated rings. The minimum absolute atomic E-state index is 0.212. The average Bonchev–Trinajstić information content (AvgIpc) is 3.10. The van der Waals surface area contributed by atoms with Crippen molar-refractivity contribution >= 4 is 38.6 Å². The lowest BCUT2D eigenvalue weighted by molar-refractivity contribution is -0.131. The van der Waals surface area contributed by atoms with E-state index in [1.54, 1.807) is 41.7 Å². The third kappa shape index (κ3) is 3.95. The largest absolute Gasteiger partial charge is 0.339 e. The molecule has 2 aromatic heterocycles. The molecule has 0 aliphatic heterocycles. The molecule has 8 heteroatoms. The molecule has 0 radical (unpaired) electrons. The number of carbonyl (C=O) groups is 1. The molecule has 1 N–H and O–H groups in total. The first-order valence-corrected chi connectivity index (χ1v) is 9.89. The van der Waals surface area contributed by atoms with Gasteiger partial charge in [0.2, 0.25) is 5.91 Å². The third-order valence-electron chi connectivity index (χ3n) is 3.19. The van der Waals surface area contributed by atoms with Gasteiger partial charge < -0.3 is 4.90 Å². The van der Waals surface area contributed by atoms with Crippen molar-refractivity contribution in [2.45, 2.75) is 30.6 Å². The van der Waals surface area contributed by atoms with Crippen LogP contribution in [-0.4, -0.2) is 32.3 Å². The summed E-state index contributed by atoms with van der Waals surface area (Å²) in [5, 5.41) is 3.67. The molecule has 2 aromatic rings. The molecule has 22 heavy (non-hydrogen) atoms. The van der Waals surface area contributed by atoms with E-state index in [0.29, 0.717) is 6.54 Å². The molecule has 120 valence electrons. The molecule has 0 aromatic carbocycles. The highest BCUT2D eigenvalue weighted by Gasteiger charge is 2.25. The molecule has 2 heterocycles. The number of nitrogens with zero attached hydrogens (tertiary/aromatic N) is 1. The topological polar surface area (TPSA) is 66.5 Å². The predicted molar refractivity (Wildman–Crippen MR) is 89.6 cm³/mol. The van der Waals surface area contributed by atoms with E-state index >= 15 is 0 Å². The molecular weight excluding hydrogens is 340 g/mol. The molecule has 0 saturated carbocycles. The number of sulfonamides is 1. The fraction of sp³-hybridized carbons (Fsp3) is 0.357. The lowest BCUT2D eigenvalue weighted by Gasteiger charge is -2.21. The van der Waals surface area contributed by atoms with Crippen LogP contribution in [-0.2, 0) is 21.4 Å². The molecule has 1 atom stereocenters. The van der Waals surface area contributed by atoms with Crippen LogP contribution in [0.1, 0.15) is 17.4 Å². The normalized spacial score (nSPS) is 13.0. The van der Waals surface area contributed by atoms with Crippen LogP contribution in [0.15, 0.2) is 33.2 Å². The molecule has 0 saturated heterocycles. The second-order valence-electron chi connectivity index (χ2n) is 5.00. The minimum atomic E-state index is -3.64. The van der Waals surface area contributed by atoms with Crippen LogP contribution in [0.25, 0.3) is 0 Å². The lowest BCUT2D eigenvalue weighted by Crippen LogP contribution is -2.45. The summed E-state index contributed by atoms with van der Waals surface area (Å²) in [5.74, 6) is -0.257. The van der Waals surface area contributed by atoms with Crippen molar-refractivity contribution in [3.05, 3.63) is 39.4 Å². The van der Waals surface area contributed by atoms with E-state index in [4.69, 9.17) is 0 Å². The standard InChI is InChI=1S/C14H18N2O3S3/c1-10-6-8-20-12(10)9-16(3)14(17)11(2)15-22(18,19)13-5-4-7-21-13/h4-8,11,15H,9H2,1-3H3/t11-/m0/s1. The summed E-state index contributed by atoms with van der Waals surface area (Å²) in [6.45, 7) is 4.03. The van der Waals surface area contributed by atoms with Gasteiger partial charge in [-0.2, -0.15) is 4.72 Å². The van der Waals surface area contributed by atoms with Crippen LogP contribution in [0.2, 0.25) is 0 Å². The summed E-state index contributed by atoms with van der Waals surface area (Å²) in [7, 11) is -1.96. The van der Waals surface area contributed by atoms with E-state index in [9.17, 15) is 13.2 Å². The fourth-order valence-electron chi connectivity index (χ4n) is 1.95. The van der Waals surface area contributed by atoms with Crippen molar-refractivity contribution in [3.63, 3.8) is 0 Å². The Bertz CT molecular complexity index is 735. The first kappa shape index (κ1) is 17.1. The Balaban J connectivity index is 2.01. The number of rotatable bonds is 6. The quantitative estimate of drug-likeness (QED) is 0.862. The number of aryl methyl sites for hydroxylation is 1. The highest BCUT2D eigenvalue weighted by Crippen LogP contribution is 2.18. The summed E-state index contributed by atoms with van der Waals surface area (Å²) in [6, 6.07) is 4.37. The van der Waals surface area contributed by atoms with Crippen molar-refractivity contribution in [2.24, 2.45) is 0 Å². The van der Waals surface area contributed by atoms with Crippen LogP contribution in [0.3, 0.4) is 0 Å². The van der Waals surface area contributed by atoms with Gasteiger partial charge in [0, 0.05) is 11.9 Å². The Morgan fingerprint density at radius 3 is 2.59 bits per heavy atom. The third-order valence-corrected chi connectivity index (χ3v) is 7.13. The van der Waals surface area contributed by atoms with Crippen LogP contribution < -0.4 is 4.72 Å². The van der Waals surface area contributed by atoms with Gasteiger partial charge in [0.25, 0.3) is 10.0 Å². The number of hydrogen-bond donors (Lipinski definition) is 1. The minimum Gasteiger partial charge on any atom is -0.339 e. The van der Waals surface area contributed by atoms with Gasteiger partial charge in [-0.15, -0.1) is 22.7 Å². The van der Waals surface area contributed by atoms with E-state index in [1.165, 1.54) is 6.07 Å². The van der Waals surface area contributed by atoms with Gasteiger partial charge in [-0.05, 0) is 42.3 Å². The maximum Gasteiger partial charge on any atom is 0.250 e. The van der Waals surface area contributed by atoms with Gasteiger partial charge in [-0.1, -0.05) is 6.07 Å². The Morgan fingerprint density at radius 2 is 2.05 bits per heavy atom. The fourth-order valence-corrected chi connectivity index (χ4v) is 5.11. The zero-order valence-electron chi connectivity index (χ0n) is 12.6. The van der Waals surface area contributed by atoms with Crippen molar-refractivity contribution in [2.75, 3.05) is 7.05 Å². The molecule has 0 aliphatic rings. The SMILES string of the molecule is Cc1ccsc1CN(C)C(=O)[C@H](C)NS(=O)(=O)c1cccs1. The van der Waals surface area contributed by atoms with Crippen LogP contribution in [0.5, 0.6) is 0 Å². The first-order valence-electron chi connectivity index (χ1n) is 6.65. The Morgan fingerprint density at radius 1 is 1.32 bits per heavy atom. The summed E-state index contributed by atoms with van der Waals surface area (Å²) < 4.78 is 26.9. The van der Waals surface area contributed by atoms with Crippen LogP contribution >= 0.6 is 22.7 Å². The van der Waals surface area contributed by atoms with E-state index < -0.39 is 16.1 Å².